The summed E-state index contributed by atoms with van der Waals surface area (Å²) in [5, 5.41) is 2.70. The molecule has 1 N–H and O–H groups in total. The van der Waals surface area contributed by atoms with E-state index in [2.05, 4.69) is 5.32 Å². The number of benzene rings is 3. The van der Waals surface area contributed by atoms with E-state index >= 15 is 0 Å². The highest BCUT2D eigenvalue weighted by Gasteiger charge is 2.28. The summed E-state index contributed by atoms with van der Waals surface area (Å²) in [4.78, 5) is 37.7. The van der Waals surface area contributed by atoms with E-state index in [9.17, 15) is 14.4 Å². The van der Waals surface area contributed by atoms with Crippen LogP contribution in [0.5, 0.6) is 5.75 Å². The molecule has 6 nitrogen and oxygen atoms in total. The number of methoxy groups -OCH3 is 1. The molecule has 0 radical (unpaired) electrons. The fourth-order valence-electron chi connectivity index (χ4n) is 3.11. The molecule has 0 heterocycles. The maximum Gasteiger partial charge on any atom is 0.343 e. The van der Waals surface area contributed by atoms with Crippen LogP contribution in [0.15, 0.2) is 66.7 Å². The summed E-state index contributed by atoms with van der Waals surface area (Å²) in [5.74, 6) is -1.31. The van der Waals surface area contributed by atoms with Gasteiger partial charge < -0.3 is 14.8 Å². The molecule has 7 heteroatoms. The number of anilines is 1. The Morgan fingerprint density at radius 1 is 0.969 bits per heavy atom. The van der Waals surface area contributed by atoms with Gasteiger partial charge in [0.2, 0.25) is 11.7 Å². The lowest BCUT2D eigenvalue weighted by molar-refractivity contribution is -0.114. The number of nitrogens with one attached hydrogen (secondary N) is 1. The molecule has 164 valence electrons. The second-order valence-corrected chi connectivity index (χ2v) is 7.55. The Morgan fingerprint density at radius 3 is 2.22 bits per heavy atom. The first-order valence-electron chi connectivity index (χ1n) is 9.82. The third-order valence-electron chi connectivity index (χ3n) is 4.72. The van der Waals surface area contributed by atoms with Crippen LogP contribution >= 0.6 is 11.6 Å². The third kappa shape index (κ3) is 5.34. The van der Waals surface area contributed by atoms with E-state index in [0.717, 1.165) is 5.56 Å². The van der Waals surface area contributed by atoms with Crippen LogP contribution in [0.3, 0.4) is 0 Å². The van der Waals surface area contributed by atoms with Gasteiger partial charge in [0.1, 0.15) is 11.3 Å². The molecule has 0 aromatic heterocycles. The molecule has 0 unspecified atom stereocenters. The van der Waals surface area contributed by atoms with Gasteiger partial charge in [0.05, 0.1) is 17.8 Å². The largest absolute Gasteiger partial charge is 0.496 e. The summed E-state index contributed by atoms with van der Waals surface area (Å²) in [5.41, 5.74) is 2.29. The van der Waals surface area contributed by atoms with Gasteiger partial charge in [-0.25, -0.2) is 4.79 Å². The highest BCUT2D eigenvalue weighted by Crippen LogP contribution is 2.33. The minimum Gasteiger partial charge on any atom is -0.496 e. The van der Waals surface area contributed by atoms with Crippen molar-refractivity contribution >= 4 is 34.9 Å². The van der Waals surface area contributed by atoms with E-state index < -0.39 is 12.1 Å². The predicted molar refractivity (Wildman–Crippen MR) is 122 cm³/mol. The number of carbonyl (C=O) groups excluding carboxylic acids is 3. The van der Waals surface area contributed by atoms with Crippen molar-refractivity contribution in [3.63, 3.8) is 0 Å². The van der Waals surface area contributed by atoms with Crippen molar-refractivity contribution in [1.82, 2.24) is 0 Å². The molecule has 0 bridgehead atoms. The molecule has 0 aliphatic rings. The average molecular weight is 452 g/mol. The summed E-state index contributed by atoms with van der Waals surface area (Å²) in [6.07, 6.45) is -1.16. The van der Waals surface area contributed by atoms with Crippen molar-refractivity contribution < 1.29 is 23.9 Å². The van der Waals surface area contributed by atoms with Crippen molar-refractivity contribution in [3.05, 3.63) is 94.0 Å². The maximum absolute atomic E-state index is 13.2. The number of carbonyl (C=O) groups is 3. The molecule has 3 aromatic rings. The van der Waals surface area contributed by atoms with Crippen molar-refractivity contribution in [3.8, 4) is 5.75 Å². The normalized spacial score (nSPS) is 11.4. The first kappa shape index (κ1) is 23.0. The van der Waals surface area contributed by atoms with Gasteiger partial charge in [0, 0.05) is 24.1 Å². The van der Waals surface area contributed by atoms with Gasteiger partial charge in [-0.2, -0.15) is 0 Å². The molecule has 0 aliphatic carbocycles. The molecule has 0 aliphatic heterocycles. The SMILES string of the molecule is COc1cc(NC(C)=O)c(Cl)cc1C(=O)O[C@@H](C(=O)c1ccc(C)cc1)c1ccccc1. The van der Waals surface area contributed by atoms with Crippen molar-refractivity contribution in [1.29, 1.82) is 0 Å². The minimum absolute atomic E-state index is 0.0317. The molecule has 32 heavy (non-hydrogen) atoms. The van der Waals surface area contributed by atoms with Crippen LogP contribution < -0.4 is 10.1 Å². The highest BCUT2D eigenvalue weighted by atomic mass is 35.5. The number of esters is 1. The lowest BCUT2D eigenvalue weighted by Crippen LogP contribution is -2.21. The first-order valence-corrected chi connectivity index (χ1v) is 10.2. The maximum atomic E-state index is 13.2. The third-order valence-corrected chi connectivity index (χ3v) is 5.03. The Balaban J connectivity index is 1.97. The Kier molecular flexibility index (Phi) is 7.28. The van der Waals surface area contributed by atoms with Crippen LogP contribution in [0.4, 0.5) is 5.69 Å². The van der Waals surface area contributed by atoms with Gasteiger partial charge >= 0.3 is 5.97 Å². The lowest BCUT2D eigenvalue weighted by Gasteiger charge is -2.19. The van der Waals surface area contributed by atoms with Gasteiger partial charge in [-0.05, 0) is 13.0 Å². The topological polar surface area (TPSA) is 81.7 Å². The summed E-state index contributed by atoms with van der Waals surface area (Å²) < 4.78 is 11.0. The summed E-state index contributed by atoms with van der Waals surface area (Å²) in [6.45, 7) is 3.26. The Morgan fingerprint density at radius 2 is 1.62 bits per heavy atom. The highest BCUT2D eigenvalue weighted by molar-refractivity contribution is 6.34. The molecule has 1 atom stereocenters. The molecule has 0 spiro atoms. The zero-order chi connectivity index (χ0) is 23.3. The van der Waals surface area contributed by atoms with Crippen LogP contribution in [0.25, 0.3) is 0 Å². The van der Waals surface area contributed by atoms with Crippen LogP contribution in [0.2, 0.25) is 5.02 Å². The Hall–Kier alpha value is -3.64. The van der Waals surface area contributed by atoms with E-state index in [1.165, 1.54) is 26.2 Å². The zero-order valence-corrected chi connectivity index (χ0v) is 18.6. The van der Waals surface area contributed by atoms with E-state index in [-0.39, 0.29) is 28.0 Å². The number of hydrogen-bond donors (Lipinski definition) is 1. The smallest absolute Gasteiger partial charge is 0.343 e. The van der Waals surface area contributed by atoms with Crippen LogP contribution in [-0.4, -0.2) is 24.8 Å². The summed E-state index contributed by atoms with van der Waals surface area (Å²) in [6, 6.07) is 18.6. The molecule has 1 amide bonds. The predicted octanol–water partition coefficient (Wildman–Crippen LogP) is 5.40. The Labute approximate surface area is 191 Å². The zero-order valence-electron chi connectivity index (χ0n) is 17.8. The molecule has 0 saturated heterocycles. The van der Waals surface area contributed by atoms with Gasteiger partial charge in [-0.1, -0.05) is 71.8 Å². The number of rotatable bonds is 7. The van der Waals surface area contributed by atoms with E-state index in [1.54, 1.807) is 36.4 Å². The Bertz CT molecular complexity index is 1140. The average Bonchev–Trinajstić information content (AvgIpc) is 2.78. The fourth-order valence-corrected chi connectivity index (χ4v) is 3.32. The van der Waals surface area contributed by atoms with Crippen molar-refractivity contribution in [2.45, 2.75) is 20.0 Å². The number of hydrogen-bond acceptors (Lipinski definition) is 5. The first-order chi connectivity index (χ1) is 15.3. The molecule has 0 saturated carbocycles. The lowest BCUT2D eigenvalue weighted by atomic mass is 9.99. The number of amides is 1. The molecule has 0 fully saturated rings. The van der Waals surface area contributed by atoms with Crippen molar-refractivity contribution in [2.24, 2.45) is 0 Å². The second-order valence-electron chi connectivity index (χ2n) is 7.14. The number of ether oxygens (including phenoxy) is 2. The van der Waals surface area contributed by atoms with E-state index in [0.29, 0.717) is 16.8 Å². The monoisotopic (exact) mass is 451 g/mol. The fraction of sp³-hybridized carbons (Fsp3) is 0.160. The number of Topliss-reactive ketones (excluding diaryl/α,β-unsaturated/α-hetero) is 1. The molecular weight excluding hydrogens is 430 g/mol. The number of aryl methyl sites for hydroxylation is 1. The van der Waals surface area contributed by atoms with Gasteiger partial charge in [0.25, 0.3) is 0 Å². The second kappa shape index (κ2) is 10.1. The summed E-state index contributed by atoms with van der Waals surface area (Å²) >= 11 is 6.23. The minimum atomic E-state index is -1.16. The van der Waals surface area contributed by atoms with E-state index in [4.69, 9.17) is 21.1 Å². The van der Waals surface area contributed by atoms with Gasteiger partial charge in [-0.3, -0.25) is 9.59 Å². The molecular formula is C25H22ClNO5. The van der Waals surface area contributed by atoms with Gasteiger partial charge in [0.15, 0.2) is 6.10 Å². The van der Waals surface area contributed by atoms with E-state index in [1.807, 2.05) is 25.1 Å². The quantitative estimate of drug-likeness (QED) is 0.384. The number of ketones is 1. The summed E-state index contributed by atoms with van der Waals surface area (Å²) in [7, 11) is 1.38. The molecule has 3 aromatic carbocycles. The van der Waals surface area contributed by atoms with Crippen LogP contribution in [0.1, 0.15) is 44.9 Å². The molecule has 3 rings (SSSR count). The standard InChI is InChI=1S/C25H22ClNO5/c1-15-9-11-17(12-10-15)23(29)24(18-7-5-4-6-8-18)32-25(30)19-13-20(26)21(27-16(2)28)14-22(19)31-3/h4-14,24H,1-3H3,(H,27,28)/t24-/m1/s1. The van der Waals surface area contributed by atoms with Crippen LogP contribution in [-0.2, 0) is 9.53 Å². The number of halogens is 1. The van der Waals surface area contributed by atoms with Crippen molar-refractivity contribution in [2.75, 3.05) is 12.4 Å². The van der Waals surface area contributed by atoms with Gasteiger partial charge in [-0.15, -0.1) is 0 Å². The van der Waals surface area contributed by atoms with Crippen LogP contribution in [0, 0.1) is 6.92 Å².